The van der Waals surface area contributed by atoms with E-state index in [9.17, 15) is 0 Å². The first-order valence-corrected chi connectivity index (χ1v) is 5.84. The van der Waals surface area contributed by atoms with Crippen molar-refractivity contribution in [2.24, 2.45) is 0 Å². The van der Waals surface area contributed by atoms with Crippen LogP contribution in [0.25, 0.3) is 0 Å². The van der Waals surface area contributed by atoms with Crippen LogP contribution in [0.3, 0.4) is 0 Å². The molecule has 15 heavy (non-hydrogen) atoms. The van der Waals surface area contributed by atoms with Gasteiger partial charge in [-0.05, 0) is 67.1 Å². The van der Waals surface area contributed by atoms with Gasteiger partial charge in [0.25, 0.3) is 0 Å². The predicted octanol–water partition coefficient (Wildman–Crippen LogP) is 3.01. The Balaban J connectivity index is 2.65. The van der Waals surface area contributed by atoms with Crippen molar-refractivity contribution >= 4 is 15.9 Å². The zero-order valence-corrected chi connectivity index (χ0v) is 11.4. The lowest BCUT2D eigenvalue weighted by Gasteiger charge is -2.13. The van der Waals surface area contributed by atoms with E-state index in [-0.39, 0.29) is 0 Å². The Morgan fingerprint density at radius 3 is 2.40 bits per heavy atom. The number of rotatable bonds is 4. The van der Waals surface area contributed by atoms with Crippen molar-refractivity contribution in [1.82, 2.24) is 4.90 Å². The summed E-state index contributed by atoms with van der Waals surface area (Å²) in [7, 11) is 4.08. The van der Waals surface area contributed by atoms with Crippen LogP contribution in [-0.4, -0.2) is 32.1 Å². The summed E-state index contributed by atoms with van der Waals surface area (Å²) in [6, 6.07) is 4.18. The molecule has 84 valence electrons. The van der Waals surface area contributed by atoms with E-state index < -0.39 is 0 Å². The van der Waals surface area contributed by atoms with Gasteiger partial charge in [0.1, 0.15) is 12.4 Å². The fourth-order valence-electron chi connectivity index (χ4n) is 1.20. The quantitative estimate of drug-likeness (QED) is 0.835. The second kappa shape index (κ2) is 5.52. The highest BCUT2D eigenvalue weighted by molar-refractivity contribution is 9.10. The first kappa shape index (κ1) is 12.5. The van der Waals surface area contributed by atoms with Gasteiger partial charge in [-0.15, -0.1) is 0 Å². The predicted molar refractivity (Wildman–Crippen MR) is 67.7 cm³/mol. The average Bonchev–Trinajstić information content (AvgIpc) is 2.13. The number of likely N-dealkylation sites (N-methyl/N-ethyl adjacent to an activating group) is 1. The molecule has 1 aromatic rings. The summed E-state index contributed by atoms with van der Waals surface area (Å²) in [5.74, 6) is 0.931. The van der Waals surface area contributed by atoms with E-state index in [1.807, 2.05) is 14.1 Å². The molecule has 1 aromatic carbocycles. The van der Waals surface area contributed by atoms with Gasteiger partial charge in [0, 0.05) is 6.54 Å². The maximum atomic E-state index is 5.69. The molecule has 0 bridgehead atoms. The maximum Gasteiger partial charge on any atom is 0.133 e. The Morgan fingerprint density at radius 2 is 1.80 bits per heavy atom. The normalized spacial score (nSPS) is 10.8. The zero-order valence-electron chi connectivity index (χ0n) is 9.80. The van der Waals surface area contributed by atoms with Crippen molar-refractivity contribution in [3.8, 4) is 5.75 Å². The van der Waals surface area contributed by atoms with Crippen LogP contribution < -0.4 is 4.74 Å². The van der Waals surface area contributed by atoms with E-state index >= 15 is 0 Å². The largest absolute Gasteiger partial charge is 0.491 e. The highest BCUT2D eigenvalue weighted by Gasteiger charge is 2.04. The lowest BCUT2D eigenvalue weighted by Crippen LogP contribution is -2.19. The van der Waals surface area contributed by atoms with Gasteiger partial charge in [0.2, 0.25) is 0 Å². The molecule has 0 aromatic heterocycles. The molecular weight excluding hydrogens is 254 g/mol. The molecule has 0 aliphatic heterocycles. The van der Waals surface area contributed by atoms with Crippen LogP contribution in [0.5, 0.6) is 5.75 Å². The third kappa shape index (κ3) is 3.84. The topological polar surface area (TPSA) is 12.5 Å². The lowest BCUT2D eigenvalue weighted by molar-refractivity contribution is 0.260. The van der Waals surface area contributed by atoms with Crippen molar-refractivity contribution in [1.29, 1.82) is 0 Å². The van der Waals surface area contributed by atoms with Crippen molar-refractivity contribution < 1.29 is 4.74 Å². The Bertz CT molecular complexity index is 337. The fraction of sp³-hybridized carbons (Fsp3) is 0.500. The molecule has 0 saturated heterocycles. The number of ether oxygens (including phenoxy) is 1. The van der Waals surface area contributed by atoms with E-state index in [0.717, 1.165) is 16.8 Å². The summed E-state index contributed by atoms with van der Waals surface area (Å²) >= 11 is 3.51. The third-order valence-corrected chi connectivity index (χ3v) is 2.96. The number of hydrogen-bond acceptors (Lipinski definition) is 2. The Kier molecular flexibility index (Phi) is 4.61. The molecule has 0 fully saturated rings. The smallest absolute Gasteiger partial charge is 0.133 e. The number of nitrogens with zero attached hydrogens (tertiary/aromatic N) is 1. The molecule has 0 saturated carbocycles. The lowest BCUT2D eigenvalue weighted by atomic mass is 10.1. The summed E-state index contributed by atoms with van der Waals surface area (Å²) in [4.78, 5) is 2.11. The van der Waals surface area contributed by atoms with Crippen molar-refractivity contribution in [3.05, 3.63) is 27.7 Å². The molecular formula is C12H18BrNO. The first-order valence-electron chi connectivity index (χ1n) is 5.05. The van der Waals surface area contributed by atoms with Gasteiger partial charge < -0.3 is 9.64 Å². The molecule has 0 aliphatic carbocycles. The second-order valence-electron chi connectivity index (χ2n) is 4.02. The molecule has 0 spiro atoms. The summed E-state index contributed by atoms with van der Waals surface area (Å²) in [6.45, 7) is 5.84. The molecule has 3 heteroatoms. The van der Waals surface area contributed by atoms with Gasteiger partial charge in [0.05, 0.1) is 4.47 Å². The maximum absolute atomic E-state index is 5.69. The second-order valence-corrected chi connectivity index (χ2v) is 4.87. The summed E-state index contributed by atoms with van der Waals surface area (Å²) in [5.41, 5.74) is 2.54. The average molecular weight is 272 g/mol. The van der Waals surface area contributed by atoms with Gasteiger partial charge in [-0.2, -0.15) is 0 Å². The van der Waals surface area contributed by atoms with Gasteiger partial charge in [-0.3, -0.25) is 0 Å². The number of hydrogen-bond donors (Lipinski definition) is 0. The van der Waals surface area contributed by atoms with E-state index in [1.165, 1.54) is 11.1 Å². The van der Waals surface area contributed by atoms with Crippen molar-refractivity contribution in [2.75, 3.05) is 27.2 Å². The highest BCUT2D eigenvalue weighted by atomic mass is 79.9. The van der Waals surface area contributed by atoms with E-state index in [0.29, 0.717) is 6.61 Å². The van der Waals surface area contributed by atoms with E-state index in [2.05, 4.69) is 46.8 Å². The molecule has 0 aliphatic rings. The summed E-state index contributed by atoms with van der Waals surface area (Å²) < 4.78 is 6.73. The van der Waals surface area contributed by atoms with E-state index in [1.54, 1.807) is 0 Å². The molecule has 1 rings (SSSR count). The molecule has 0 N–H and O–H groups in total. The van der Waals surface area contributed by atoms with Crippen molar-refractivity contribution in [2.45, 2.75) is 13.8 Å². The molecule has 0 heterocycles. The Hall–Kier alpha value is -0.540. The molecule has 0 radical (unpaired) electrons. The van der Waals surface area contributed by atoms with Crippen LogP contribution >= 0.6 is 15.9 Å². The summed E-state index contributed by atoms with van der Waals surface area (Å²) in [6.07, 6.45) is 0. The fourth-order valence-corrected chi connectivity index (χ4v) is 1.78. The Morgan fingerprint density at radius 1 is 1.20 bits per heavy atom. The van der Waals surface area contributed by atoms with Crippen LogP contribution in [0.15, 0.2) is 16.6 Å². The SMILES string of the molecule is Cc1cc(Br)c(OCCN(C)C)cc1C. The minimum Gasteiger partial charge on any atom is -0.491 e. The number of aryl methyl sites for hydroxylation is 2. The van der Waals surface area contributed by atoms with Crippen LogP contribution in [0.4, 0.5) is 0 Å². The van der Waals surface area contributed by atoms with Gasteiger partial charge in [-0.25, -0.2) is 0 Å². The third-order valence-electron chi connectivity index (χ3n) is 2.34. The minimum atomic E-state index is 0.716. The number of benzene rings is 1. The zero-order chi connectivity index (χ0) is 11.4. The Labute approximate surface area is 100 Å². The van der Waals surface area contributed by atoms with Crippen LogP contribution in [0.1, 0.15) is 11.1 Å². The van der Waals surface area contributed by atoms with Gasteiger partial charge in [0.15, 0.2) is 0 Å². The molecule has 0 unspecified atom stereocenters. The molecule has 2 nitrogen and oxygen atoms in total. The van der Waals surface area contributed by atoms with Crippen LogP contribution in [0.2, 0.25) is 0 Å². The summed E-state index contributed by atoms with van der Waals surface area (Å²) in [5, 5.41) is 0. The van der Waals surface area contributed by atoms with Crippen LogP contribution in [-0.2, 0) is 0 Å². The minimum absolute atomic E-state index is 0.716. The highest BCUT2D eigenvalue weighted by Crippen LogP contribution is 2.28. The van der Waals surface area contributed by atoms with Gasteiger partial charge in [-0.1, -0.05) is 0 Å². The van der Waals surface area contributed by atoms with Crippen molar-refractivity contribution in [3.63, 3.8) is 0 Å². The van der Waals surface area contributed by atoms with E-state index in [4.69, 9.17) is 4.74 Å². The first-order chi connectivity index (χ1) is 7.00. The van der Waals surface area contributed by atoms with Gasteiger partial charge >= 0.3 is 0 Å². The molecule has 0 atom stereocenters. The monoisotopic (exact) mass is 271 g/mol. The standard InChI is InChI=1S/C12H18BrNO/c1-9-7-11(13)12(8-10(9)2)15-6-5-14(3)4/h7-8H,5-6H2,1-4H3. The van der Waals surface area contributed by atoms with Crippen LogP contribution in [0, 0.1) is 13.8 Å². The number of halogens is 1. The molecule has 0 amide bonds.